The van der Waals surface area contributed by atoms with Gasteiger partial charge in [0.15, 0.2) is 17.2 Å². The van der Waals surface area contributed by atoms with E-state index in [1.807, 2.05) is 0 Å². The van der Waals surface area contributed by atoms with E-state index in [4.69, 9.17) is 11.6 Å². The highest BCUT2D eigenvalue weighted by molar-refractivity contribution is 9.10. The van der Waals surface area contributed by atoms with Crippen molar-refractivity contribution in [2.24, 2.45) is 0 Å². The first-order valence-electron chi connectivity index (χ1n) is 8.95. The molecule has 4 rings (SSSR count). The van der Waals surface area contributed by atoms with Crippen LogP contribution in [-0.4, -0.2) is 30.3 Å². The van der Waals surface area contributed by atoms with Crippen LogP contribution in [0.3, 0.4) is 0 Å². The van der Waals surface area contributed by atoms with E-state index in [2.05, 4.69) is 36.4 Å². The number of rotatable bonds is 4. The summed E-state index contributed by atoms with van der Waals surface area (Å²) in [5, 5.41) is 10.5. The number of carbonyl (C=O) groups is 1. The first-order chi connectivity index (χ1) is 15.0. The standard InChI is InChI=1S/C19H12BrClF4N6O/c1-9-6-13(19(23,24)25)31-17(26-9)14(20)15(28-31)18(32)27-16-12(21)8-30(29-16)7-10-2-4-11(22)5-3-10/h2-6,8H,7H2,1H3,(H,27,29,32). The van der Waals surface area contributed by atoms with Gasteiger partial charge in [0.1, 0.15) is 16.5 Å². The molecule has 4 aromatic rings. The quantitative estimate of drug-likeness (QED) is 0.372. The maximum absolute atomic E-state index is 13.4. The largest absolute Gasteiger partial charge is 0.433 e. The van der Waals surface area contributed by atoms with Crippen molar-refractivity contribution in [1.29, 1.82) is 0 Å². The van der Waals surface area contributed by atoms with Gasteiger partial charge >= 0.3 is 6.18 Å². The van der Waals surface area contributed by atoms with Crippen molar-refractivity contribution < 1.29 is 22.4 Å². The number of hydrogen-bond acceptors (Lipinski definition) is 4. The van der Waals surface area contributed by atoms with E-state index in [0.29, 0.717) is 4.52 Å². The zero-order valence-electron chi connectivity index (χ0n) is 16.1. The molecule has 0 radical (unpaired) electrons. The van der Waals surface area contributed by atoms with Crippen molar-refractivity contribution in [1.82, 2.24) is 24.4 Å². The third-order valence-corrected chi connectivity index (χ3v) is 5.38. The van der Waals surface area contributed by atoms with Gasteiger partial charge in [0.2, 0.25) is 0 Å². The number of alkyl halides is 3. The first-order valence-corrected chi connectivity index (χ1v) is 10.1. The molecule has 0 unspecified atom stereocenters. The second kappa shape index (κ2) is 8.17. The molecule has 0 bridgehead atoms. The third kappa shape index (κ3) is 4.32. The molecule has 0 spiro atoms. The van der Waals surface area contributed by atoms with Crippen LogP contribution in [0.4, 0.5) is 23.4 Å². The Hall–Kier alpha value is -2.99. The summed E-state index contributed by atoms with van der Waals surface area (Å²) in [5.41, 5.74) is -0.692. The van der Waals surface area contributed by atoms with Gasteiger partial charge in [0, 0.05) is 11.9 Å². The Balaban J connectivity index is 1.62. The van der Waals surface area contributed by atoms with Gasteiger partial charge in [-0.05, 0) is 46.6 Å². The van der Waals surface area contributed by atoms with E-state index < -0.39 is 17.8 Å². The Kier molecular flexibility index (Phi) is 5.67. The molecule has 0 aliphatic heterocycles. The highest BCUT2D eigenvalue weighted by Gasteiger charge is 2.36. The maximum atomic E-state index is 13.4. The zero-order chi connectivity index (χ0) is 23.2. The summed E-state index contributed by atoms with van der Waals surface area (Å²) in [4.78, 5) is 16.8. The normalized spacial score (nSPS) is 11.8. The second-order valence-electron chi connectivity index (χ2n) is 6.78. The van der Waals surface area contributed by atoms with Gasteiger partial charge in [-0.15, -0.1) is 0 Å². The van der Waals surface area contributed by atoms with E-state index in [0.717, 1.165) is 11.6 Å². The van der Waals surface area contributed by atoms with Gasteiger partial charge in [-0.1, -0.05) is 23.7 Å². The van der Waals surface area contributed by atoms with Crippen molar-refractivity contribution in [2.75, 3.05) is 5.32 Å². The Labute approximate surface area is 191 Å². The Morgan fingerprint density at radius 1 is 1.22 bits per heavy atom. The molecule has 13 heteroatoms. The van der Waals surface area contributed by atoms with Crippen molar-refractivity contribution in [3.8, 4) is 0 Å². The lowest BCUT2D eigenvalue weighted by Gasteiger charge is -2.09. The van der Waals surface area contributed by atoms with Gasteiger partial charge in [-0.25, -0.2) is 13.9 Å². The lowest BCUT2D eigenvalue weighted by Crippen LogP contribution is -2.16. The van der Waals surface area contributed by atoms with E-state index in [9.17, 15) is 22.4 Å². The number of hydrogen-bond donors (Lipinski definition) is 1. The van der Waals surface area contributed by atoms with Gasteiger partial charge in [0.25, 0.3) is 5.91 Å². The fraction of sp³-hybridized carbons (Fsp3) is 0.158. The summed E-state index contributed by atoms with van der Waals surface area (Å²) in [7, 11) is 0. The highest BCUT2D eigenvalue weighted by atomic mass is 79.9. The van der Waals surface area contributed by atoms with Crippen LogP contribution in [0, 0.1) is 12.7 Å². The molecule has 0 atom stereocenters. The van der Waals surface area contributed by atoms with Crippen LogP contribution >= 0.6 is 27.5 Å². The predicted molar refractivity (Wildman–Crippen MR) is 111 cm³/mol. The van der Waals surface area contributed by atoms with E-state index in [-0.39, 0.29) is 44.7 Å². The number of amides is 1. The van der Waals surface area contributed by atoms with Gasteiger partial charge in [-0.3, -0.25) is 9.48 Å². The third-order valence-electron chi connectivity index (χ3n) is 4.37. The first kappa shape index (κ1) is 22.2. The van der Waals surface area contributed by atoms with Gasteiger partial charge < -0.3 is 5.32 Å². The summed E-state index contributed by atoms with van der Waals surface area (Å²) in [5.74, 6) is -1.22. The molecule has 7 nitrogen and oxygen atoms in total. The van der Waals surface area contributed by atoms with E-state index >= 15 is 0 Å². The summed E-state index contributed by atoms with van der Waals surface area (Å²) in [6.45, 7) is 1.66. The number of halogens is 6. The number of fused-ring (bicyclic) bond motifs is 1. The van der Waals surface area contributed by atoms with Gasteiger partial charge in [-0.2, -0.15) is 23.4 Å². The van der Waals surface area contributed by atoms with Crippen LogP contribution < -0.4 is 5.32 Å². The van der Waals surface area contributed by atoms with Crippen molar-refractivity contribution in [3.05, 3.63) is 74.5 Å². The minimum absolute atomic E-state index is 0.00827. The van der Waals surface area contributed by atoms with Crippen LogP contribution in [0.25, 0.3) is 5.65 Å². The van der Waals surface area contributed by atoms with E-state index in [1.165, 1.54) is 29.9 Å². The minimum Gasteiger partial charge on any atom is -0.302 e. The SMILES string of the molecule is Cc1cc(C(F)(F)F)n2nc(C(=O)Nc3nn(Cc4ccc(F)cc4)cc3Cl)c(Br)c2n1. The Morgan fingerprint density at radius 3 is 2.56 bits per heavy atom. The molecule has 1 aromatic carbocycles. The Bertz CT molecular complexity index is 1330. The maximum Gasteiger partial charge on any atom is 0.433 e. The molecular formula is C19H12BrClF4N6O. The number of carbonyl (C=O) groups excluding carboxylic acids is 1. The lowest BCUT2D eigenvalue weighted by atomic mass is 10.2. The molecule has 0 aliphatic rings. The molecule has 166 valence electrons. The van der Waals surface area contributed by atoms with Crippen LogP contribution in [0.2, 0.25) is 5.02 Å². The highest BCUT2D eigenvalue weighted by Crippen LogP contribution is 2.32. The molecule has 1 amide bonds. The van der Waals surface area contributed by atoms with Crippen LogP contribution in [-0.2, 0) is 12.7 Å². The number of benzene rings is 1. The Morgan fingerprint density at radius 2 is 1.91 bits per heavy atom. The van der Waals surface area contributed by atoms with Crippen LogP contribution in [0.1, 0.15) is 27.4 Å². The summed E-state index contributed by atoms with van der Waals surface area (Å²) < 4.78 is 55.2. The fourth-order valence-electron chi connectivity index (χ4n) is 2.97. The average Bonchev–Trinajstić information content (AvgIpc) is 3.22. The molecule has 3 heterocycles. The topological polar surface area (TPSA) is 77.1 Å². The average molecular weight is 532 g/mol. The van der Waals surface area contributed by atoms with Crippen LogP contribution in [0.15, 0.2) is 41.0 Å². The van der Waals surface area contributed by atoms with E-state index in [1.54, 1.807) is 12.1 Å². The zero-order valence-corrected chi connectivity index (χ0v) is 18.4. The number of nitrogens with zero attached hydrogens (tertiary/aromatic N) is 5. The van der Waals surface area contributed by atoms with Crippen molar-refractivity contribution in [2.45, 2.75) is 19.6 Å². The monoisotopic (exact) mass is 530 g/mol. The number of nitrogens with one attached hydrogen (secondary N) is 1. The molecule has 32 heavy (non-hydrogen) atoms. The molecule has 3 aromatic heterocycles. The molecule has 1 N–H and O–H groups in total. The number of aryl methyl sites for hydroxylation is 1. The smallest absolute Gasteiger partial charge is 0.302 e. The van der Waals surface area contributed by atoms with Crippen molar-refractivity contribution >= 4 is 44.9 Å². The predicted octanol–water partition coefficient (Wildman–Crippen LogP) is 5.11. The molecule has 0 aliphatic carbocycles. The molecule has 0 fully saturated rings. The summed E-state index contributed by atoms with van der Waals surface area (Å²) in [6, 6.07) is 6.58. The molecular weight excluding hydrogens is 520 g/mol. The molecule has 0 saturated carbocycles. The number of aromatic nitrogens is 5. The van der Waals surface area contributed by atoms with Gasteiger partial charge in [0.05, 0.1) is 11.0 Å². The summed E-state index contributed by atoms with van der Waals surface area (Å²) >= 11 is 9.25. The second-order valence-corrected chi connectivity index (χ2v) is 7.98. The minimum atomic E-state index is -4.70. The number of anilines is 1. The fourth-order valence-corrected chi connectivity index (χ4v) is 3.68. The summed E-state index contributed by atoms with van der Waals surface area (Å²) in [6.07, 6.45) is -3.25. The van der Waals surface area contributed by atoms with Crippen molar-refractivity contribution in [3.63, 3.8) is 0 Å². The molecule has 0 saturated heterocycles. The lowest BCUT2D eigenvalue weighted by molar-refractivity contribution is -0.142. The van der Waals surface area contributed by atoms with Crippen LogP contribution in [0.5, 0.6) is 0 Å².